The van der Waals surface area contributed by atoms with E-state index in [0.717, 1.165) is 38.4 Å². The zero-order chi connectivity index (χ0) is 18.6. The molecule has 1 amide bonds. The molecule has 1 N–H and O–H groups in total. The number of nitrogens with zero attached hydrogens (tertiary/aromatic N) is 4. The van der Waals surface area contributed by atoms with Crippen molar-refractivity contribution in [1.82, 2.24) is 19.2 Å². The van der Waals surface area contributed by atoms with Crippen molar-refractivity contribution in [2.24, 2.45) is 0 Å². The largest absolute Gasteiger partial charge is 0.324 e. The van der Waals surface area contributed by atoms with Gasteiger partial charge in [0, 0.05) is 38.9 Å². The van der Waals surface area contributed by atoms with Gasteiger partial charge in [-0.3, -0.25) is 14.6 Å². The fourth-order valence-corrected chi connectivity index (χ4v) is 3.58. The number of amides is 1. The molecule has 0 aliphatic carbocycles. The summed E-state index contributed by atoms with van der Waals surface area (Å²) < 4.78 is 2.13. The van der Waals surface area contributed by atoms with E-state index in [4.69, 9.17) is 11.6 Å². The van der Waals surface area contributed by atoms with E-state index in [1.165, 1.54) is 5.69 Å². The molecular weight excluding hydrogens is 362 g/mol. The van der Waals surface area contributed by atoms with E-state index in [1.54, 1.807) is 6.07 Å². The summed E-state index contributed by atoms with van der Waals surface area (Å²) in [7, 11) is 0. The number of halogens is 1. The monoisotopic (exact) mass is 383 g/mol. The molecule has 0 radical (unpaired) electrons. The lowest BCUT2D eigenvalue weighted by molar-refractivity contribution is -0.117. The molecule has 1 fully saturated rings. The van der Waals surface area contributed by atoms with Crippen molar-refractivity contribution in [2.75, 3.05) is 38.0 Å². The summed E-state index contributed by atoms with van der Waals surface area (Å²) in [6, 6.07) is 13.3. The molecule has 1 aliphatic heterocycles. The molecule has 0 bridgehead atoms. The highest BCUT2D eigenvalue weighted by Crippen LogP contribution is 2.20. The van der Waals surface area contributed by atoms with Gasteiger partial charge in [0.05, 0.1) is 29.1 Å². The molecule has 0 atom stereocenters. The van der Waals surface area contributed by atoms with Crippen molar-refractivity contribution >= 4 is 28.8 Å². The molecule has 4 rings (SSSR count). The maximum Gasteiger partial charge on any atom is 0.238 e. The summed E-state index contributed by atoms with van der Waals surface area (Å²) in [4.78, 5) is 21.3. The van der Waals surface area contributed by atoms with Gasteiger partial charge >= 0.3 is 0 Å². The first kappa shape index (κ1) is 18.0. The molecule has 1 aliphatic rings. The minimum Gasteiger partial charge on any atom is -0.324 e. The van der Waals surface area contributed by atoms with E-state index < -0.39 is 0 Å². The molecule has 7 heteroatoms. The van der Waals surface area contributed by atoms with Crippen LogP contribution in [0.4, 0.5) is 5.69 Å². The molecule has 1 saturated heterocycles. The molecule has 6 nitrogen and oxygen atoms in total. The van der Waals surface area contributed by atoms with Crippen molar-refractivity contribution in [3.63, 3.8) is 0 Å². The van der Waals surface area contributed by atoms with E-state index in [-0.39, 0.29) is 5.91 Å². The van der Waals surface area contributed by atoms with E-state index in [1.807, 2.05) is 48.8 Å². The van der Waals surface area contributed by atoms with Gasteiger partial charge in [0.2, 0.25) is 5.91 Å². The van der Waals surface area contributed by atoms with Crippen molar-refractivity contribution in [3.8, 4) is 0 Å². The van der Waals surface area contributed by atoms with Crippen molar-refractivity contribution in [3.05, 3.63) is 65.6 Å². The topological polar surface area (TPSA) is 52.9 Å². The van der Waals surface area contributed by atoms with Gasteiger partial charge in [-0.2, -0.15) is 0 Å². The molecule has 2 aromatic heterocycles. The van der Waals surface area contributed by atoms with Crippen molar-refractivity contribution < 1.29 is 4.79 Å². The van der Waals surface area contributed by atoms with Crippen molar-refractivity contribution in [2.45, 2.75) is 6.54 Å². The van der Waals surface area contributed by atoms with Gasteiger partial charge < -0.3 is 9.72 Å². The maximum absolute atomic E-state index is 12.3. The second-order valence-electron chi connectivity index (χ2n) is 6.76. The van der Waals surface area contributed by atoms with Crippen LogP contribution in [0.3, 0.4) is 0 Å². The number of carbonyl (C=O) groups is 1. The zero-order valence-corrected chi connectivity index (χ0v) is 15.8. The SMILES string of the molecule is O=C(CN1CCN(Cc2cnc3ccccn23)CC1)Nc1ccccc1Cl. The Bertz CT molecular complexity index is 933. The number of hydrogen-bond acceptors (Lipinski definition) is 4. The van der Waals surface area contributed by atoms with Crippen LogP contribution >= 0.6 is 11.6 Å². The van der Waals surface area contributed by atoms with E-state index in [9.17, 15) is 4.79 Å². The molecule has 1 aromatic carbocycles. The first-order valence-corrected chi connectivity index (χ1v) is 9.47. The first-order chi connectivity index (χ1) is 13.2. The molecule has 3 aromatic rings. The molecular formula is C20H22ClN5O. The van der Waals surface area contributed by atoms with E-state index in [0.29, 0.717) is 17.3 Å². The van der Waals surface area contributed by atoms with Crippen LogP contribution in [0.5, 0.6) is 0 Å². The van der Waals surface area contributed by atoms with Crippen LogP contribution in [0.2, 0.25) is 5.02 Å². The number of rotatable bonds is 5. The Balaban J connectivity index is 1.27. The number of benzene rings is 1. The highest BCUT2D eigenvalue weighted by Gasteiger charge is 2.20. The Morgan fingerprint density at radius 2 is 1.78 bits per heavy atom. The van der Waals surface area contributed by atoms with Crippen LogP contribution in [0, 0.1) is 0 Å². The van der Waals surface area contributed by atoms with Crippen LogP contribution in [0.1, 0.15) is 5.69 Å². The third kappa shape index (κ3) is 4.30. The second-order valence-corrected chi connectivity index (χ2v) is 7.17. The normalized spacial score (nSPS) is 15.9. The Labute approximate surface area is 163 Å². The first-order valence-electron chi connectivity index (χ1n) is 9.09. The van der Waals surface area contributed by atoms with Gasteiger partial charge in [0.25, 0.3) is 0 Å². The minimum atomic E-state index is -0.0293. The number of pyridine rings is 1. The lowest BCUT2D eigenvalue weighted by Gasteiger charge is -2.34. The molecule has 0 unspecified atom stereocenters. The third-order valence-electron chi connectivity index (χ3n) is 4.86. The average Bonchev–Trinajstić information content (AvgIpc) is 3.08. The number of hydrogen-bond donors (Lipinski definition) is 1. The Morgan fingerprint density at radius 3 is 2.59 bits per heavy atom. The molecule has 140 valence electrons. The number of anilines is 1. The molecule has 0 spiro atoms. The Kier molecular flexibility index (Phi) is 5.38. The predicted molar refractivity (Wildman–Crippen MR) is 107 cm³/mol. The van der Waals surface area contributed by atoms with Gasteiger partial charge in [-0.15, -0.1) is 0 Å². The number of imidazole rings is 1. The number of nitrogens with one attached hydrogen (secondary N) is 1. The highest BCUT2D eigenvalue weighted by molar-refractivity contribution is 6.33. The average molecular weight is 384 g/mol. The fourth-order valence-electron chi connectivity index (χ4n) is 3.39. The van der Waals surface area contributed by atoms with Gasteiger partial charge in [0.1, 0.15) is 5.65 Å². The van der Waals surface area contributed by atoms with Crippen LogP contribution in [0.25, 0.3) is 5.65 Å². The minimum absolute atomic E-state index is 0.0293. The van der Waals surface area contributed by atoms with Crippen LogP contribution < -0.4 is 5.32 Å². The Morgan fingerprint density at radius 1 is 1.04 bits per heavy atom. The predicted octanol–water partition coefficient (Wildman–Crippen LogP) is 2.74. The van der Waals surface area contributed by atoms with Crippen LogP contribution in [-0.4, -0.2) is 57.8 Å². The highest BCUT2D eigenvalue weighted by atomic mass is 35.5. The van der Waals surface area contributed by atoms with Gasteiger partial charge in [0.15, 0.2) is 0 Å². The number of aromatic nitrogens is 2. The maximum atomic E-state index is 12.3. The van der Waals surface area contributed by atoms with E-state index >= 15 is 0 Å². The van der Waals surface area contributed by atoms with E-state index in [2.05, 4.69) is 24.5 Å². The number of fused-ring (bicyclic) bond motifs is 1. The molecule has 27 heavy (non-hydrogen) atoms. The molecule has 3 heterocycles. The Hall–Kier alpha value is -2.41. The summed E-state index contributed by atoms with van der Waals surface area (Å²) in [6.07, 6.45) is 3.99. The fraction of sp³-hybridized carbons (Fsp3) is 0.300. The van der Waals surface area contributed by atoms with Crippen LogP contribution in [-0.2, 0) is 11.3 Å². The number of para-hydroxylation sites is 1. The number of carbonyl (C=O) groups excluding carboxylic acids is 1. The lowest BCUT2D eigenvalue weighted by Crippen LogP contribution is -2.48. The lowest BCUT2D eigenvalue weighted by atomic mass is 10.2. The molecule has 0 saturated carbocycles. The summed E-state index contributed by atoms with van der Waals surface area (Å²) in [5.41, 5.74) is 2.83. The van der Waals surface area contributed by atoms with Gasteiger partial charge in [-0.05, 0) is 24.3 Å². The van der Waals surface area contributed by atoms with Gasteiger partial charge in [-0.25, -0.2) is 4.98 Å². The third-order valence-corrected chi connectivity index (χ3v) is 5.19. The standard InChI is InChI=1S/C20H22ClN5O/c21-17-5-1-2-6-18(17)23-20(27)15-25-11-9-24(10-12-25)14-16-13-22-19-7-3-4-8-26(16)19/h1-8,13H,9-12,14-15H2,(H,23,27). The second kappa shape index (κ2) is 8.08. The van der Waals surface area contributed by atoms with Gasteiger partial charge in [-0.1, -0.05) is 29.8 Å². The number of piperazine rings is 1. The van der Waals surface area contributed by atoms with Crippen molar-refractivity contribution in [1.29, 1.82) is 0 Å². The summed E-state index contributed by atoms with van der Waals surface area (Å²) in [5, 5.41) is 3.45. The van der Waals surface area contributed by atoms with Crippen LogP contribution in [0.15, 0.2) is 54.9 Å². The summed E-state index contributed by atoms with van der Waals surface area (Å²) >= 11 is 6.10. The quantitative estimate of drug-likeness (QED) is 0.736. The zero-order valence-electron chi connectivity index (χ0n) is 15.0. The smallest absolute Gasteiger partial charge is 0.238 e. The summed E-state index contributed by atoms with van der Waals surface area (Å²) in [6.45, 7) is 4.84. The summed E-state index contributed by atoms with van der Waals surface area (Å²) in [5.74, 6) is -0.0293.